The van der Waals surface area contributed by atoms with Crippen LogP contribution in [-0.2, 0) is 9.59 Å². The van der Waals surface area contributed by atoms with Crippen LogP contribution in [0.1, 0.15) is 24.0 Å². The number of amides is 1. The molecule has 4 heteroatoms. The average Bonchev–Trinajstić information content (AvgIpc) is 2.19. The molecule has 1 amide bonds. The summed E-state index contributed by atoms with van der Waals surface area (Å²) < 4.78 is 0. The number of nitrogens with one attached hydrogen (secondary N) is 1. The number of aryl methyl sites for hydroxylation is 2. The third-order valence-electron chi connectivity index (χ3n) is 2.22. The molecule has 0 unspecified atom stereocenters. The Balaban J connectivity index is 2.59. The van der Waals surface area contributed by atoms with Gasteiger partial charge in [-0.05, 0) is 25.5 Å². The van der Waals surface area contributed by atoms with E-state index in [2.05, 4.69) is 5.32 Å². The molecular weight excluding hydrogens is 206 g/mol. The van der Waals surface area contributed by atoms with Crippen molar-refractivity contribution in [3.63, 3.8) is 0 Å². The van der Waals surface area contributed by atoms with E-state index in [0.29, 0.717) is 0 Å². The van der Waals surface area contributed by atoms with Crippen molar-refractivity contribution < 1.29 is 14.7 Å². The maximum atomic E-state index is 11.4. The molecule has 0 aliphatic heterocycles. The summed E-state index contributed by atoms with van der Waals surface area (Å²) in [6, 6.07) is 5.69. The number of rotatable bonds is 4. The van der Waals surface area contributed by atoms with Crippen molar-refractivity contribution >= 4 is 17.6 Å². The Morgan fingerprint density at radius 1 is 1.25 bits per heavy atom. The van der Waals surface area contributed by atoms with Crippen LogP contribution in [0.2, 0.25) is 0 Å². The quantitative estimate of drug-likeness (QED) is 0.818. The second kappa shape index (κ2) is 5.30. The van der Waals surface area contributed by atoms with E-state index in [-0.39, 0.29) is 18.7 Å². The van der Waals surface area contributed by atoms with Crippen LogP contribution in [0.5, 0.6) is 0 Å². The predicted octanol–water partition coefficient (Wildman–Crippen LogP) is 2.11. The molecule has 0 saturated heterocycles. The van der Waals surface area contributed by atoms with Crippen LogP contribution in [0.25, 0.3) is 0 Å². The van der Waals surface area contributed by atoms with Gasteiger partial charge in [0.1, 0.15) is 0 Å². The summed E-state index contributed by atoms with van der Waals surface area (Å²) in [6.07, 6.45) is -0.139. The summed E-state index contributed by atoms with van der Waals surface area (Å²) in [6.45, 7) is 3.88. The molecule has 0 heterocycles. The van der Waals surface area contributed by atoms with E-state index in [9.17, 15) is 9.59 Å². The molecule has 0 bridgehead atoms. The van der Waals surface area contributed by atoms with E-state index in [4.69, 9.17) is 5.11 Å². The van der Waals surface area contributed by atoms with E-state index in [0.717, 1.165) is 16.8 Å². The van der Waals surface area contributed by atoms with Gasteiger partial charge < -0.3 is 10.4 Å². The van der Waals surface area contributed by atoms with Crippen LogP contribution in [0.4, 0.5) is 5.69 Å². The molecule has 4 nitrogen and oxygen atoms in total. The van der Waals surface area contributed by atoms with Gasteiger partial charge in [0.15, 0.2) is 0 Å². The minimum absolute atomic E-state index is 0.00263. The van der Waals surface area contributed by atoms with Crippen LogP contribution in [0.15, 0.2) is 18.2 Å². The summed E-state index contributed by atoms with van der Waals surface area (Å²) in [5.41, 5.74) is 2.84. The Kier molecular flexibility index (Phi) is 4.05. The van der Waals surface area contributed by atoms with Gasteiger partial charge in [-0.25, -0.2) is 0 Å². The van der Waals surface area contributed by atoms with Crippen molar-refractivity contribution in [2.24, 2.45) is 0 Å². The molecule has 0 saturated carbocycles. The first-order chi connectivity index (χ1) is 7.49. The summed E-state index contributed by atoms with van der Waals surface area (Å²) in [5, 5.41) is 11.1. The van der Waals surface area contributed by atoms with Gasteiger partial charge >= 0.3 is 5.97 Å². The Bertz CT molecular complexity index is 413. The van der Waals surface area contributed by atoms with Gasteiger partial charge in [0, 0.05) is 12.1 Å². The number of benzene rings is 1. The van der Waals surface area contributed by atoms with Gasteiger partial charge in [-0.1, -0.05) is 17.7 Å². The largest absolute Gasteiger partial charge is 0.481 e. The monoisotopic (exact) mass is 221 g/mol. The van der Waals surface area contributed by atoms with Gasteiger partial charge in [0.25, 0.3) is 0 Å². The van der Waals surface area contributed by atoms with E-state index >= 15 is 0 Å². The van der Waals surface area contributed by atoms with Crippen molar-refractivity contribution in [1.29, 1.82) is 0 Å². The lowest BCUT2D eigenvalue weighted by atomic mass is 10.1. The summed E-state index contributed by atoms with van der Waals surface area (Å²) in [5.74, 6) is -1.23. The molecule has 16 heavy (non-hydrogen) atoms. The van der Waals surface area contributed by atoms with Crippen LogP contribution in [0, 0.1) is 13.8 Å². The number of carboxylic acids is 1. The van der Waals surface area contributed by atoms with Gasteiger partial charge in [-0.15, -0.1) is 0 Å². The molecule has 86 valence electrons. The number of carbonyl (C=O) groups is 2. The average molecular weight is 221 g/mol. The smallest absolute Gasteiger partial charge is 0.303 e. The van der Waals surface area contributed by atoms with E-state index in [1.165, 1.54) is 0 Å². The fourth-order valence-electron chi connectivity index (χ4n) is 1.39. The Labute approximate surface area is 94.3 Å². The maximum absolute atomic E-state index is 11.4. The van der Waals surface area contributed by atoms with Crippen LogP contribution >= 0.6 is 0 Å². The Morgan fingerprint density at radius 3 is 2.50 bits per heavy atom. The van der Waals surface area contributed by atoms with Crippen LogP contribution in [-0.4, -0.2) is 17.0 Å². The fraction of sp³-hybridized carbons (Fsp3) is 0.333. The lowest BCUT2D eigenvalue weighted by Gasteiger charge is -2.08. The predicted molar refractivity (Wildman–Crippen MR) is 61.4 cm³/mol. The van der Waals surface area contributed by atoms with Crippen LogP contribution < -0.4 is 5.32 Å². The molecule has 0 radical (unpaired) electrons. The molecule has 0 atom stereocenters. The second-order valence-corrected chi connectivity index (χ2v) is 3.76. The highest BCUT2D eigenvalue weighted by Gasteiger charge is 2.07. The minimum Gasteiger partial charge on any atom is -0.481 e. The molecular formula is C12H15NO3. The molecule has 2 N–H and O–H groups in total. The molecule has 0 aliphatic carbocycles. The highest BCUT2D eigenvalue weighted by molar-refractivity contribution is 5.93. The van der Waals surface area contributed by atoms with E-state index in [1.54, 1.807) is 0 Å². The van der Waals surface area contributed by atoms with Gasteiger partial charge in [0.2, 0.25) is 5.91 Å². The van der Waals surface area contributed by atoms with E-state index in [1.807, 2.05) is 32.0 Å². The normalized spacial score (nSPS) is 9.88. The number of carbonyl (C=O) groups excluding carboxylic acids is 1. The molecule has 1 aromatic carbocycles. The second-order valence-electron chi connectivity index (χ2n) is 3.76. The topological polar surface area (TPSA) is 66.4 Å². The van der Waals surface area contributed by atoms with Gasteiger partial charge in [-0.3, -0.25) is 9.59 Å². The Hall–Kier alpha value is -1.84. The van der Waals surface area contributed by atoms with Gasteiger partial charge in [-0.2, -0.15) is 0 Å². The first-order valence-electron chi connectivity index (χ1n) is 5.08. The summed E-state index contributed by atoms with van der Waals surface area (Å²) in [4.78, 5) is 21.7. The molecule has 1 rings (SSSR count). The van der Waals surface area contributed by atoms with Gasteiger partial charge in [0.05, 0.1) is 6.42 Å². The minimum atomic E-state index is -0.962. The number of anilines is 1. The maximum Gasteiger partial charge on any atom is 0.303 e. The fourth-order valence-corrected chi connectivity index (χ4v) is 1.39. The van der Waals surface area contributed by atoms with E-state index < -0.39 is 5.97 Å². The number of aliphatic carboxylic acids is 1. The SMILES string of the molecule is Cc1ccc(NC(=O)CCC(=O)O)c(C)c1. The van der Waals surface area contributed by atoms with Crippen LogP contribution in [0.3, 0.4) is 0 Å². The Morgan fingerprint density at radius 2 is 1.94 bits per heavy atom. The highest BCUT2D eigenvalue weighted by atomic mass is 16.4. The zero-order valence-electron chi connectivity index (χ0n) is 9.41. The zero-order chi connectivity index (χ0) is 12.1. The molecule has 0 aromatic heterocycles. The van der Waals surface area contributed by atoms with Crippen molar-refractivity contribution in [3.8, 4) is 0 Å². The molecule has 0 spiro atoms. The lowest BCUT2D eigenvalue weighted by Crippen LogP contribution is -2.13. The zero-order valence-corrected chi connectivity index (χ0v) is 9.41. The summed E-state index contributed by atoms with van der Waals surface area (Å²) >= 11 is 0. The lowest BCUT2D eigenvalue weighted by molar-refractivity contribution is -0.138. The third-order valence-corrected chi connectivity index (χ3v) is 2.22. The van der Waals surface area contributed by atoms with Crippen molar-refractivity contribution in [1.82, 2.24) is 0 Å². The van der Waals surface area contributed by atoms with Crippen molar-refractivity contribution in [2.75, 3.05) is 5.32 Å². The van der Waals surface area contributed by atoms with Crippen molar-refractivity contribution in [2.45, 2.75) is 26.7 Å². The van der Waals surface area contributed by atoms with Crippen molar-refractivity contribution in [3.05, 3.63) is 29.3 Å². The standard InChI is InChI=1S/C12H15NO3/c1-8-3-4-10(9(2)7-8)13-11(14)5-6-12(15)16/h3-4,7H,5-6H2,1-2H3,(H,13,14)(H,15,16). The molecule has 0 aliphatic rings. The summed E-state index contributed by atoms with van der Waals surface area (Å²) in [7, 11) is 0. The molecule has 1 aromatic rings. The third kappa shape index (κ3) is 3.73. The number of carboxylic acid groups (broad SMARTS) is 1. The number of hydrogen-bond acceptors (Lipinski definition) is 2. The number of hydrogen-bond donors (Lipinski definition) is 2. The highest BCUT2D eigenvalue weighted by Crippen LogP contribution is 2.16. The first-order valence-corrected chi connectivity index (χ1v) is 5.08. The molecule has 0 fully saturated rings. The first kappa shape index (κ1) is 12.2.